The number of carboxylic acid groups (broad SMARTS) is 1. The second kappa shape index (κ2) is 9.62. The minimum absolute atomic E-state index is 0.0106. The van der Waals surface area contributed by atoms with Crippen LogP contribution in [0.4, 0.5) is 36.3 Å². The van der Waals surface area contributed by atoms with E-state index in [2.05, 4.69) is 15.4 Å². The molecule has 1 amide bonds. The van der Waals surface area contributed by atoms with Gasteiger partial charge in [0.1, 0.15) is 23.1 Å². The molecule has 0 saturated heterocycles. The van der Waals surface area contributed by atoms with E-state index in [0.717, 1.165) is 12.1 Å². The SMILES string of the molecule is O=C(O)Nc1cccc(Oc2cc(F)cc(Nc3ccc(I)cc3F)c2NS(=O)(=O)C2CC2)c1. The van der Waals surface area contributed by atoms with Crippen molar-refractivity contribution in [3.05, 3.63) is 69.8 Å². The summed E-state index contributed by atoms with van der Waals surface area (Å²) in [4.78, 5) is 10.9. The van der Waals surface area contributed by atoms with Crippen LogP contribution in [0.2, 0.25) is 0 Å². The summed E-state index contributed by atoms with van der Waals surface area (Å²) in [6, 6.07) is 12.2. The van der Waals surface area contributed by atoms with E-state index < -0.39 is 33.0 Å². The average Bonchev–Trinajstić information content (AvgIpc) is 3.58. The fourth-order valence-corrected chi connectivity index (χ4v) is 4.97. The lowest BCUT2D eigenvalue weighted by Crippen LogP contribution is -2.19. The largest absolute Gasteiger partial charge is 0.465 e. The monoisotopic (exact) mass is 601 g/mol. The number of nitrogens with one attached hydrogen (secondary N) is 3. The third-order valence-electron chi connectivity index (χ3n) is 4.79. The highest BCUT2D eigenvalue weighted by Crippen LogP contribution is 2.41. The topological polar surface area (TPSA) is 117 Å². The number of hydrogen-bond donors (Lipinski definition) is 4. The minimum Gasteiger partial charge on any atom is -0.465 e. The van der Waals surface area contributed by atoms with Crippen LogP contribution < -0.4 is 20.1 Å². The van der Waals surface area contributed by atoms with Crippen molar-refractivity contribution in [3.8, 4) is 11.5 Å². The number of rotatable bonds is 8. The van der Waals surface area contributed by atoms with Crippen LogP contribution >= 0.6 is 22.6 Å². The first-order chi connectivity index (χ1) is 16.1. The Balaban J connectivity index is 1.76. The molecule has 0 heterocycles. The van der Waals surface area contributed by atoms with Crippen molar-refractivity contribution in [2.45, 2.75) is 18.1 Å². The van der Waals surface area contributed by atoms with E-state index >= 15 is 0 Å². The summed E-state index contributed by atoms with van der Waals surface area (Å²) >= 11 is 1.94. The second-order valence-electron chi connectivity index (χ2n) is 7.48. The number of sulfonamides is 1. The van der Waals surface area contributed by atoms with Crippen molar-refractivity contribution in [2.24, 2.45) is 0 Å². The summed E-state index contributed by atoms with van der Waals surface area (Å²) in [5.41, 5.74) is 0.0410. The van der Waals surface area contributed by atoms with E-state index in [-0.39, 0.29) is 34.2 Å². The van der Waals surface area contributed by atoms with Crippen LogP contribution in [0.25, 0.3) is 0 Å². The first-order valence-electron chi connectivity index (χ1n) is 9.96. The van der Waals surface area contributed by atoms with E-state index in [9.17, 15) is 22.0 Å². The number of amides is 1. The predicted octanol–water partition coefficient (Wildman–Crippen LogP) is 6.10. The maximum Gasteiger partial charge on any atom is 0.409 e. The fraction of sp³-hybridized carbons (Fsp3) is 0.136. The molecule has 12 heteroatoms. The van der Waals surface area contributed by atoms with Crippen molar-refractivity contribution >= 4 is 61.5 Å². The average molecular weight is 601 g/mol. The summed E-state index contributed by atoms with van der Waals surface area (Å²) in [6.45, 7) is 0. The third kappa shape index (κ3) is 5.86. The molecule has 0 aliphatic heterocycles. The second-order valence-corrected chi connectivity index (χ2v) is 10.7. The lowest BCUT2D eigenvalue weighted by Gasteiger charge is -2.19. The Labute approximate surface area is 207 Å². The number of carbonyl (C=O) groups is 1. The minimum atomic E-state index is -3.80. The molecule has 0 atom stereocenters. The molecular formula is C22H18F2IN3O5S. The van der Waals surface area contributed by atoms with Gasteiger partial charge in [0.25, 0.3) is 0 Å². The molecule has 8 nitrogen and oxygen atoms in total. The van der Waals surface area contributed by atoms with Crippen molar-refractivity contribution < 1.29 is 31.8 Å². The van der Waals surface area contributed by atoms with E-state index in [1.165, 1.54) is 36.4 Å². The maximum atomic E-state index is 14.6. The van der Waals surface area contributed by atoms with Crippen LogP contribution in [0.15, 0.2) is 54.6 Å². The zero-order valence-electron chi connectivity index (χ0n) is 17.3. The van der Waals surface area contributed by atoms with E-state index in [1.807, 2.05) is 22.6 Å². The molecule has 1 aliphatic rings. The molecule has 4 rings (SSSR count). The van der Waals surface area contributed by atoms with E-state index in [1.54, 1.807) is 6.07 Å². The van der Waals surface area contributed by atoms with Gasteiger partial charge in [0, 0.05) is 21.4 Å². The number of benzene rings is 3. The Bertz CT molecular complexity index is 1370. The van der Waals surface area contributed by atoms with Crippen LogP contribution in [-0.4, -0.2) is 24.9 Å². The lowest BCUT2D eigenvalue weighted by atomic mass is 10.2. The van der Waals surface area contributed by atoms with Gasteiger partial charge in [-0.15, -0.1) is 0 Å². The number of hydrogen-bond acceptors (Lipinski definition) is 5. The Morgan fingerprint density at radius 3 is 2.50 bits per heavy atom. The van der Waals surface area contributed by atoms with Gasteiger partial charge < -0.3 is 15.2 Å². The zero-order chi connectivity index (χ0) is 24.5. The molecule has 3 aromatic carbocycles. The first kappa shape index (κ1) is 24.0. The van der Waals surface area contributed by atoms with Crippen LogP contribution in [0.5, 0.6) is 11.5 Å². The predicted molar refractivity (Wildman–Crippen MR) is 133 cm³/mol. The third-order valence-corrected chi connectivity index (χ3v) is 7.30. The number of anilines is 4. The van der Waals surface area contributed by atoms with Gasteiger partial charge in [0.05, 0.1) is 16.6 Å². The Hall–Kier alpha value is -3.13. The Morgan fingerprint density at radius 2 is 1.82 bits per heavy atom. The van der Waals surface area contributed by atoms with Crippen molar-refractivity contribution in [2.75, 3.05) is 15.4 Å². The van der Waals surface area contributed by atoms with Gasteiger partial charge in [0.15, 0.2) is 5.75 Å². The molecule has 3 aromatic rings. The highest BCUT2D eigenvalue weighted by Gasteiger charge is 2.37. The smallest absolute Gasteiger partial charge is 0.409 e. The number of ether oxygens (including phenoxy) is 1. The summed E-state index contributed by atoms with van der Waals surface area (Å²) < 4.78 is 63.3. The summed E-state index contributed by atoms with van der Waals surface area (Å²) in [5.74, 6) is -1.44. The fourth-order valence-electron chi connectivity index (χ4n) is 3.09. The quantitative estimate of drug-likeness (QED) is 0.232. The number of halogens is 3. The van der Waals surface area contributed by atoms with Crippen LogP contribution in [0.1, 0.15) is 12.8 Å². The van der Waals surface area contributed by atoms with Gasteiger partial charge in [-0.05, 0) is 71.8 Å². The van der Waals surface area contributed by atoms with Crippen LogP contribution in [-0.2, 0) is 10.0 Å². The van der Waals surface area contributed by atoms with E-state index in [0.29, 0.717) is 16.4 Å². The Kier molecular flexibility index (Phi) is 6.79. The molecule has 0 unspecified atom stereocenters. The molecular weight excluding hydrogens is 583 g/mol. The van der Waals surface area contributed by atoms with Gasteiger partial charge >= 0.3 is 6.09 Å². The van der Waals surface area contributed by atoms with Gasteiger partial charge in [0.2, 0.25) is 10.0 Å². The maximum absolute atomic E-state index is 14.6. The highest BCUT2D eigenvalue weighted by molar-refractivity contribution is 14.1. The van der Waals surface area contributed by atoms with Crippen molar-refractivity contribution in [1.82, 2.24) is 0 Å². The molecule has 1 aliphatic carbocycles. The Morgan fingerprint density at radius 1 is 1.06 bits per heavy atom. The first-order valence-corrected chi connectivity index (χ1v) is 12.6. The van der Waals surface area contributed by atoms with Crippen molar-refractivity contribution in [3.63, 3.8) is 0 Å². The highest BCUT2D eigenvalue weighted by atomic mass is 127. The van der Waals surface area contributed by atoms with Gasteiger partial charge in [-0.2, -0.15) is 0 Å². The van der Waals surface area contributed by atoms with Crippen LogP contribution in [0, 0.1) is 15.2 Å². The molecule has 0 bridgehead atoms. The van der Waals surface area contributed by atoms with Crippen LogP contribution in [0.3, 0.4) is 0 Å². The van der Waals surface area contributed by atoms with Gasteiger partial charge in [-0.3, -0.25) is 10.0 Å². The lowest BCUT2D eigenvalue weighted by molar-refractivity contribution is 0.209. The molecule has 1 saturated carbocycles. The van der Waals surface area contributed by atoms with Gasteiger partial charge in [-0.25, -0.2) is 22.0 Å². The molecule has 0 spiro atoms. The standard InChI is InChI=1S/C22H18F2IN3O5S/c23-12-8-19(27-18-7-4-13(25)10-17(18)24)21(28-34(31,32)16-5-6-16)20(9-12)33-15-3-1-2-14(11-15)26-22(29)30/h1-4,7-11,16,26-28H,5-6H2,(H,29,30). The molecule has 178 valence electrons. The molecule has 4 N–H and O–H groups in total. The summed E-state index contributed by atoms with van der Waals surface area (Å²) in [7, 11) is -3.80. The molecule has 1 fully saturated rings. The molecule has 0 radical (unpaired) electrons. The van der Waals surface area contributed by atoms with Gasteiger partial charge in [-0.1, -0.05) is 6.07 Å². The van der Waals surface area contributed by atoms with E-state index in [4.69, 9.17) is 9.84 Å². The summed E-state index contributed by atoms with van der Waals surface area (Å²) in [6.07, 6.45) is -0.305. The molecule has 34 heavy (non-hydrogen) atoms. The van der Waals surface area contributed by atoms with Crippen molar-refractivity contribution in [1.29, 1.82) is 0 Å². The summed E-state index contributed by atoms with van der Waals surface area (Å²) in [5, 5.41) is 13.2. The zero-order valence-corrected chi connectivity index (χ0v) is 20.3. The normalized spacial score (nSPS) is 13.3. The molecule has 0 aromatic heterocycles.